The molecule has 0 amide bonds. The van der Waals surface area contributed by atoms with E-state index in [1.165, 1.54) is 11.0 Å². The molecule has 1 N–H and O–H groups in total. The van der Waals surface area contributed by atoms with Crippen LogP contribution in [0.4, 0.5) is 0 Å². The summed E-state index contributed by atoms with van der Waals surface area (Å²) in [6.07, 6.45) is 2.44. The van der Waals surface area contributed by atoms with Gasteiger partial charge in [0.1, 0.15) is 22.8 Å². The number of aliphatic hydroxyl groups excluding tert-OH is 1. The second kappa shape index (κ2) is 3.84. The van der Waals surface area contributed by atoms with Crippen LogP contribution < -0.4 is 0 Å². The molecule has 74 valence electrons. The number of hydrogen-bond acceptors (Lipinski definition) is 5. The summed E-state index contributed by atoms with van der Waals surface area (Å²) < 4.78 is 23.0. The third kappa shape index (κ3) is 3.11. The summed E-state index contributed by atoms with van der Waals surface area (Å²) >= 11 is 0. The maximum atomic E-state index is 10.8. The third-order valence-electron chi connectivity index (χ3n) is 1.51. The van der Waals surface area contributed by atoms with E-state index in [4.69, 9.17) is 5.11 Å². The maximum absolute atomic E-state index is 10.8. The molecule has 13 heavy (non-hydrogen) atoms. The number of aromatic nitrogens is 3. The summed E-state index contributed by atoms with van der Waals surface area (Å²) in [5.41, 5.74) is 0. The maximum Gasteiger partial charge on any atom is 0.152 e. The molecule has 0 saturated heterocycles. The summed E-state index contributed by atoms with van der Waals surface area (Å²) in [6.45, 7) is -0.00150. The highest BCUT2D eigenvalue weighted by Gasteiger charge is 2.06. The van der Waals surface area contributed by atoms with Crippen molar-refractivity contribution in [1.29, 1.82) is 0 Å². The highest BCUT2D eigenvalue weighted by atomic mass is 32.2. The third-order valence-corrected chi connectivity index (χ3v) is 2.44. The number of aryl methyl sites for hydroxylation is 1. The molecule has 0 spiro atoms. The van der Waals surface area contributed by atoms with Gasteiger partial charge >= 0.3 is 0 Å². The summed E-state index contributed by atoms with van der Waals surface area (Å²) in [5.74, 6) is 0.382. The van der Waals surface area contributed by atoms with Gasteiger partial charge in [-0.05, 0) is 0 Å². The average Bonchev–Trinajstić information content (AvgIpc) is 2.46. The van der Waals surface area contributed by atoms with Crippen molar-refractivity contribution >= 4 is 9.84 Å². The molecule has 0 atom stereocenters. The Labute approximate surface area is 76.1 Å². The molecule has 0 saturated carbocycles. The number of nitrogens with zero attached hydrogens (tertiary/aromatic N) is 3. The van der Waals surface area contributed by atoms with Crippen LogP contribution in [-0.4, -0.2) is 40.3 Å². The minimum Gasteiger partial charge on any atom is -0.388 e. The molecular weight excluding hydrogens is 194 g/mol. The zero-order valence-corrected chi connectivity index (χ0v) is 8.03. The van der Waals surface area contributed by atoms with E-state index in [2.05, 4.69) is 10.1 Å². The van der Waals surface area contributed by atoms with Gasteiger partial charge in [0.25, 0.3) is 0 Å². The molecule has 6 nitrogen and oxygen atoms in total. The Bertz CT molecular complexity index is 370. The standard InChI is InChI=1S/C6H11N3O3S/c1-13(11,12)3-2-9-6(4-10)7-5-8-9/h5,10H,2-4H2,1H3. The lowest BCUT2D eigenvalue weighted by Gasteiger charge is -2.01. The second-order valence-corrected chi connectivity index (χ2v) is 4.95. The smallest absolute Gasteiger partial charge is 0.152 e. The lowest BCUT2D eigenvalue weighted by Crippen LogP contribution is -2.14. The van der Waals surface area contributed by atoms with Crippen LogP contribution in [0.1, 0.15) is 5.82 Å². The Morgan fingerprint density at radius 3 is 2.85 bits per heavy atom. The largest absolute Gasteiger partial charge is 0.388 e. The first-order chi connectivity index (χ1) is 6.03. The first kappa shape index (κ1) is 10.1. The van der Waals surface area contributed by atoms with Crippen LogP contribution in [0.3, 0.4) is 0 Å². The fourth-order valence-corrected chi connectivity index (χ4v) is 1.35. The van der Waals surface area contributed by atoms with Gasteiger partial charge in [-0.15, -0.1) is 0 Å². The van der Waals surface area contributed by atoms with Gasteiger partial charge in [0.15, 0.2) is 5.82 Å². The van der Waals surface area contributed by atoms with Crippen molar-refractivity contribution in [3.05, 3.63) is 12.2 Å². The Balaban J connectivity index is 2.64. The van der Waals surface area contributed by atoms with Crippen molar-refractivity contribution in [2.24, 2.45) is 0 Å². The highest BCUT2D eigenvalue weighted by Crippen LogP contribution is 1.94. The molecular formula is C6H11N3O3S. The topological polar surface area (TPSA) is 85.1 Å². The second-order valence-electron chi connectivity index (χ2n) is 2.69. The molecule has 0 aliphatic heterocycles. The first-order valence-corrected chi connectivity index (χ1v) is 5.74. The number of rotatable bonds is 4. The molecule has 0 aliphatic carbocycles. The van der Waals surface area contributed by atoms with E-state index in [0.29, 0.717) is 5.82 Å². The molecule has 1 aromatic heterocycles. The molecule has 0 radical (unpaired) electrons. The molecule has 7 heteroatoms. The van der Waals surface area contributed by atoms with Crippen molar-refractivity contribution in [3.63, 3.8) is 0 Å². The van der Waals surface area contributed by atoms with Gasteiger partial charge in [-0.2, -0.15) is 5.10 Å². The molecule has 0 aromatic carbocycles. The van der Waals surface area contributed by atoms with Gasteiger partial charge in [0.05, 0.1) is 12.3 Å². The summed E-state index contributed by atoms with van der Waals surface area (Å²) in [6, 6.07) is 0. The van der Waals surface area contributed by atoms with Crippen molar-refractivity contribution in [1.82, 2.24) is 14.8 Å². The fraction of sp³-hybridized carbons (Fsp3) is 0.667. The molecule has 1 rings (SSSR count). The van der Waals surface area contributed by atoms with Crippen molar-refractivity contribution in [2.75, 3.05) is 12.0 Å². The van der Waals surface area contributed by atoms with E-state index in [1.807, 2.05) is 0 Å². The fourth-order valence-electron chi connectivity index (χ4n) is 0.850. The number of hydrogen-bond donors (Lipinski definition) is 1. The van der Waals surface area contributed by atoms with E-state index < -0.39 is 9.84 Å². The van der Waals surface area contributed by atoms with E-state index in [9.17, 15) is 8.42 Å². The van der Waals surface area contributed by atoms with Crippen LogP contribution in [0.25, 0.3) is 0 Å². The van der Waals surface area contributed by atoms with Gasteiger partial charge in [-0.25, -0.2) is 18.1 Å². The summed E-state index contributed by atoms with van der Waals surface area (Å²) in [7, 11) is -3.00. The predicted molar refractivity (Wildman–Crippen MR) is 45.7 cm³/mol. The molecule has 0 unspecified atom stereocenters. The van der Waals surface area contributed by atoms with E-state index in [1.54, 1.807) is 0 Å². The average molecular weight is 205 g/mol. The lowest BCUT2D eigenvalue weighted by atomic mass is 10.6. The van der Waals surface area contributed by atoms with Gasteiger partial charge in [-0.3, -0.25) is 0 Å². The molecule has 0 fully saturated rings. The SMILES string of the molecule is CS(=O)(=O)CCn1ncnc1CO. The van der Waals surface area contributed by atoms with E-state index >= 15 is 0 Å². The van der Waals surface area contributed by atoms with Crippen LogP contribution in [0.2, 0.25) is 0 Å². The Morgan fingerprint density at radius 1 is 1.62 bits per heavy atom. The van der Waals surface area contributed by atoms with Gasteiger partial charge < -0.3 is 5.11 Å². The summed E-state index contributed by atoms with van der Waals surface area (Å²) in [4.78, 5) is 3.74. The van der Waals surface area contributed by atoms with Crippen LogP contribution in [0.5, 0.6) is 0 Å². The summed E-state index contributed by atoms with van der Waals surface area (Å²) in [5, 5.41) is 12.5. The molecule has 0 bridgehead atoms. The van der Waals surface area contributed by atoms with Crippen LogP contribution >= 0.6 is 0 Å². The van der Waals surface area contributed by atoms with Gasteiger partial charge in [-0.1, -0.05) is 0 Å². The Kier molecular flexibility index (Phi) is 2.99. The van der Waals surface area contributed by atoms with Gasteiger partial charge in [0.2, 0.25) is 0 Å². The highest BCUT2D eigenvalue weighted by molar-refractivity contribution is 7.90. The van der Waals surface area contributed by atoms with Crippen molar-refractivity contribution in [3.8, 4) is 0 Å². The lowest BCUT2D eigenvalue weighted by molar-refractivity contribution is 0.263. The minimum atomic E-state index is -3.00. The van der Waals surface area contributed by atoms with E-state index in [-0.39, 0.29) is 18.9 Å². The molecule has 1 aromatic rings. The Morgan fingerprint density at radius 2 is 2.31 bits per heavy atom. The molecule has 1 heterocycles. The van der Waals surface area contributed by atoms with E-state index in [0.717, 1.165) is 6.26 Å². The molecule has 0 aliphatic rings. The zero-order valence-electron chi connectivity index (χ0n) is 7.21. The van der Waals surface area contributed by atoms with Crippen molar-refractivity contribution < 1.29 is 13.5 Å². The monoisotopic (exact) mass is 205 g/mol. The number of aliphatic hydroxyl groups is 1. The van der Waals surface area contributed by atoms with Crippen LogP contribution in [-0.2, 0) is 23.0 Å². The minimum absolute atomic E-state index is 0.00333. The van der Waals surface area contributed by atoms with Crippen LogP contribution in [0.15, 0.2) is 6.33 Å². The Hall–Kier alpha value is -0.950. The van der Waals surface area contributed by atoms with Crippen LogP contribution in [0, 0.1) is 0 Å². The quantitative estimate of drug-likeness (QED) is 0.668. The van der Waals surface area contributed by atoms with Crippen molar-refractivity contribution in [2.45, 2.75) is 13.2 Å². The first-order valence-electron chi connectivity index (χ1n) is 3.68. The normalized spacial score (nSPS) is 11.8. The van der Waals surface area contributed by atoms with Gasteiger partial charge in [0, 0.05) is 6.26 Å². The number of sulfone groups is 1. The zero-order chi connectivity index (χ0) is 9.90. The predicted octanol–water partition coefficient (Wildman–Crippen LogP) is -1.19.